The summed E-state index contributed by atoms with van der Waals surface area (Å²) >= 11 is 0. The Hall–Kier alpha value is -0.120. The van der Waals surface area contributed by atoms with Gasteiger partial charge in [-0.1, -0.05) is 6.92 Å². The molecule has 0 aliphatic heterocycles. The molecule has 4 bridgehead atoms. The predicted octanol–water partition coefficient (Wildman–Crippen LogP) is 0.177. The van der Waals surface area contributed by atoms with Crippen molar-refractivity contribution < 1.29 is 15.3 Å². The summed E-state index contributed by atoms with van der Waals surface area (Å²) in [5, 5.41) is 30.9. The average Bonchev–Trinajstić information content (AvgIpc) is 2.41. The highest BCUT2D eigenvalue weighted by Gasteiger charge is 2.82. The fourth-order valence-corrected chi connectivity index (χ4v) is 4.18. The van der Waals surface area contributed by atoms with Gasteiger partial charge < -0.3 is 15.3 Å². The van der Waals surface area contributed by atoms with Crippen LogP contribution in [0.15, 0.2) is 0 Å². The lowest BCUT2D eigenvalue weighted by Crippen LogP contribution is -2.50. The highest BCUT2D eigenvalue weighted by Crippen LogP contribution is 2.73. The summed E-state index contributed by atoms with van der Waals surface area (Å²) in [4.78, 5) is 0. The normalized spacial score (nSPS) is 69.2. The molecule has 3 aliphatic rings. The molecule has 0 aromatic carbocycles. The second kappa shape index (κ2) is 1.69. The zero-order valence-corrected chi connectivity index (χ0v) is 7.88. The van der Waals surface area contributed by atoms with Gasteiger partial charge in [0, 0.05) is 11.8 Å². The fraction of sp³-hybridized carbons (Fsp3) is 1.00. The molecular weight excluding hydrogens is 168 g/mol. The highest BCUT2D eigenvalue weighted by atomic mass is 16.4. The molecule has 3 saturated carbocycles. The Morgan fingerprint density at radius 2 is 1.46 bits per heavy atom. The van der Waals surface area contributed by atoms with E-state index in [0.717, 1.165) is 6.42 Å². The molecule has 0 aromatic rings. The number of hydrogen-bond acceptors (Lipinski definition) is 3. The van der Waals surface area contributed by atoms with E-state index >= 15 is 0 Å². The molecule has 74 valence electrons. The lowest BCUT2D eigenvalue weighted by Gasteiger charge is -2.38. The van der Waals surface area contributed by atoms with Crippen LogP contribution in [0.4, 0.5) is 0 Å². The largest absolute Gasteiger partial charge is 0.389 e. The van der Waals surface area contributed by atoms with E-state index in [9.17, 15) is 15.3 Å². The minimum atomic E-state index is -1.02. The highest BCUT2D eigenvalue weighted by molar-refractivity contribution is 5.33. The van der Waals surface area contributed by atoms with Crippen molar-refractivity contribution in [2.45, 2.75) is 55.8 Å². The Morgan fingerprint density at radius 3 is 1.85 bits per heavy atom. The molecule has 4 atom stereocenters. The average molecular weight is 184 g/mol. The van der Waals surface area contributed by atoms with Crippen LogP contribution in [0.5, 0.6) is 0 Å². The Morgan fingerprint density at radius 1 is 0.846 bits per heavy atom. The first-order valence-corrected chi connectivity index (χ1v) is 5.04. The molecule has 3 nitrogen and oxygen atoms in total. The second-order valence-electron chi connectivity index (χ2n) is 5.43. The van der Waals surface area contributed by atoms with E-state index in [1.807, 2.05) is 6.92 Å². The van der Waals surface area contributed by atoms with Gasteiger partial charge in [-0.2, -0.15) is 0 Å². The SMILES string of the molecule is C[C@@]12CC[C@]3(O)C[C@]1(O)CC[C@@]32O. The van der Waals surface area contributed by atoms with Gasteiger partial charge >= 0.3 is 0 Å². The van der Waals surface area contributed by atoms with Gasteiger partial charge in [0.25, 0.3) is 0 Å². The van der Waals surface area contributed by atoms with Gasteiger partial charge in [-0.15, -0.1) is 0 Å². The zero-order valence-electron chi connectivity index (χ0n) is 7.88. The Labute approximate surface area is 77.4 Å². The summed E-state index contributed by atoms with van der Waals surface area (Å²) in [5.74, 6) is 0. The molecule has 3 N–H and O–H groups in total. The summed E-state index contributed by atoms with van der Waals surface area (Å²) in [6.07, 6.45) is 2.95. The summed E-state index contributed by atoms with van der Waals surface area (Å²) in [6.45, 7) is 1.92. The number of hydrogen-bond donors (Lipinski definition) is 3. The number of rotatable bonds is 0. The van der Waals surface area contributed by atoms with Gasteiger partial charge in [-0.05, 0) is 25.7 Å². The van der Waals surface area contributed by atoms with Crippen molar-refractivity contribution in [3.63, 3.8) is 0 Å². The monoisotopic (exact) mass is 184 g/mol. The molecule has 3 aliphatic carbocycles. The molecule has 0 saturated heterocycles. The molecule has 3 fully saturated rings. The smallest absolute Gasteiger partial charge is 0.102 e. The van der Waals surface area contributed by atoms with Crippen molar-refractivity contribution in [2.24, 2.45) is 5.41 Å². The van der Waals surface area contributed by atoms with E-state index in [1.165, 1.54) is 0 Å². The topological polar surface area (TPSA) is 60.7 Å². The van der Waals surface area contributed by atoms with Crippen molar-refractivity contribution in [3.8, 4) is 0 Å². The van der Waals surface area contributed by atoms with Crippen LogP contribution < -0.4 is 0 Å². The van der Waals surface area contributed by atoms with E-state index in [0.29, 0.717) is 25.7 Å². The Balaban J connectivity index is 2.24. The van der Waals surface area contributed by atoms with Crippen LogP contribution in [0.1, 0.15) is 39.0 Å². The first-order valence-electron chi connectivity index (χ1n) is 5.04. The van der Waals surface area contributed by atoms with Crippen LogP contribution in [-0.2, 0) is 0 Å². The van der Waals surface area contributed by atoms with Gasteiger partial charge in [-0.25, -0.2) is 0 Å². The first-order chi connectivity index (χ1) is 5.87. The molecule has 13 heavy (non-hydrogen) atoms. The third kappa shape index (κ3) is 0.528. The lowest BCUT2D eigenvalue weighted by atomic mass is 9.73. The molecule has 0 spiro atoms. The molecule has 0 radical (unpaired) electrons. The molecule has 3 rings (SSSR count). The van der Waals surface area contributed by atoms with Crippen LogP contribution in [0.3, 0.4) is 0 Å². The van der Waals surface area contributed by atoms with Crippen molar-refractivity contribution in [3.05, 3.63) is 0 Å². The van der Waals surface area contributed by atoms with Crippen molar-refractivity contribution in [2.75, 3.05) is 0 Å². The van der Waals surface area contributed by atoms with Gasteiger partial charge in [0.15, 0.2) is 0 Å². The van der Waals surface area contributed by atoms with Crippen LogP contribution in [-0.4, -0.2) is 32.1 Å². The molecule has 3 heteroatoms. The molecular formula is C10H16O3. The Kier molecular flexibility index (Phi) is 1.06. The maximum atomic E-state index is 10.4. The molecule has 0 amide bonds. The van der Waals surface area contributed by atoms with Crippen molar-refractivity contribution in [1.29, 1.82) is 0 Å². The first kappa shape index (κ1) is 8.21. The summed E-state index contributed by atoms with van der Waals surface area (Å²) in [7, 11) is 0. The van der Waals surface area contributed by atoms with Gasteiger partial charge in [-0.3, -0.25) is 0 Å². The van der Waals surface area contributed by atoms with Crippen LogP contribution in [0.25, 0.3) is 0 Å². The van der Waals surface area contributed by atoms with E-state index < -0.39 is 22.2 Å². The zero-order chi connectivity index (χ0) is 9.54. The Bertz CT molecular complexity index is 264. The summed E-state index contributed by atoms with van der Waals surface area (Å²) < 4.78 is 0. The van der Waals surface area contributed by atoms with Gasteiger partial charge in [0.2, 0.25) is 0 Å². The lowest BCUT2D eigenvalue weighted by molar-refractivity contribution is -0.139. The van der Waals surface area contributed by atoms with E-state index in [-0.39, 0.29) is 0 Å². The molecule has 0 aromatic heterocycles. The predicted molar refractivity (Wildman–Crippen MR) is 46.0 cm³/mol. The quantitative estimate of drug-likeness (QED) is 0.503. The fourth-order valence-electron chi connectivity index (χ4n) is 4.18. The van der Waals surface area contributed by atoms with Crippen LogP contribution >= 0.6 is 0 Å². The minimum Gasteiger partial charge on any atom is -0.389 e. The summed E-state index contributed by atoms with van der Waals surface area (Å²) in [5.41, 5.74) is -3.30. The maximum Gasteiger partial charge on any atom is 0.102 e. The second-order valence-corrected chi connectivity index (χ2v) is 5.43. The maximum absolute atomic E-state index is 10.4. The van der Waals surface area contributed by atoms with Crippen molar-refractivity contribution in [1.82, 2.24) is 0 Å². The van der Waals surface area contributed by atoms with Gasteiger partial charge in [0.05, 0.1) is 11.2 Å². The van der Waals surface area contributed by atoms with E-state index in [4.69, 9.17) is 0 Å². The number of aliphatic hydroxyl groups is 3. The van der Waals surface area contributed by atoms with E-state index in [1.54, 1.807) is 0 Å². The van der Waals surface area contributed by atoms with Crippen molar-refractivity contribution >= 4 is 0 Å². The third-order valence-electron chi connectivity index (χ3n) is 5.23. The van der Waals surface area contributed by atoms with E-state index in [2.05, 4.69) is 0 Å². The van der Waals surface area contributed by atoms with Gasteiger partial charge in [0.1, 0.15) is 5.60 Å². The molecule has 0 unspecified atom stereocenters. The standard InChI is InChI=1S/C10H16O3/c1-7-2-3-9(12)6-8(7,11)4-5-10(7,9)13/h11-13H,2-6H2,1H3/t7-,8-,9+,10+/m1/s1. The summed E-state index contributed by atoms with van der Waals surface area (Å²) in [6, 6.07) is 0. The third-order valence-corrected chi connectivity index (χ3v) is 5.23. The minimum absolute atomic E-state index is 0.368. The van der Waals surface area contributed by atoms with Crippen LogP contribution in [0, 0.1) is 5.41 Å². The van der Waals surface area contributed by atoms with Crippen LogP contribution in [0.2, 0.25) is 0 Å². The molecule has 0 heterocycles.